The van der Waals surface area contributed by atoms with E-state index in [-0.39, 0.29) is 49.7 Å². The molecule has 1 aliphatic rings. The first-order chi connectivity index (χ1) is 22.0. The number of nitrogen functional groups attached to an aromatic ring is 2. The van der Waals surface area contributed by atoms with Gasteiger partial charge in [-0.15, -0.1) is 25.3 Å². The summed E-state index contributed by atoms with van der Waals surface area (Å²) >= 11 is 8.28. The first-order valence-electron chi connectivity index (χ1n) is 12.7. The van der Waals surface area contributed by atoms with Crippen LogP contribution in [0, 0.1) is 0 Å². The second kappa shape index (κ2) is 13.3. The minimum absolute atomic E-state index is 0.0578. The van der Waals surface area contributed by atoms with E-state index in [4.69, 9.17) is 16.2 Å². The number of rotatable bonds is 11. The summed E-state index contributed by atoms with van der Waals surface area (Å²) in [5.74, 6) is -0.463. The number of anilines is 2. The van der Waals surface area contributed by atoms with Crippen molar-refractivity contribution >= 4 is 80.0 Å². The lowest BCUT2D eigenvalue weighted by Crippen LogP contribution is -2.33. The number of aromatic nitrogens is 8. The van der Waals surface area contributed by atoms with E-state index in [2.05, 4.69) is 73.5 Å². The average molecular weight is 739 g/mol. The molecule has 5 rings (SSSR count). The molecule has 27 heteroatoms. The van der Waals surface area contributed by atoms with E-state index in [1.165, 1.54) is 0 Å². The molecule has 23 nitrogen and oxygen atoms in total. The monoisotopic (exact) mass is 738 g/mol. The number of hydrogen-bond donors (Lipinski definition) is 11. The van der Waals surface area contributed by atoms with Gasteiger partial charge >= 0.3 is 15.6 Å². The van der Waals surface area contributed by atoms with Crippen molar-refractivity contribution in [2.45, 2.75) is 30.6 Å². The zero-order valence-electron chi connectivity index (χ0n) is 23.1. The Morgan fingerprint density at radius 3 is 2.34 bits per heavy atom. The summed E-state index contributed by atoms with van der Waals surface area (Å²) in [5, 5.41) is 31.3. The highest BCUT2D eigenvalue weighted by Crippen LogP contribution is 2.60. The summed E-state index contributed by atoms with van der Waals surface area (Å²) in [6, 6.07) is 0. The number of aliphatic hydroxyl groups is 3. The second-order valence-corrected chi connectivity index (χ2v) is 13.5. The fourth-order valence-electron chi connectivity index (χ4n) is 4.15. The molecule has 4 aromatic rings. The number of phosphoric ester groups is 2. The molecule has 2 unspecified atom stereocenters. The van der Waals surface area contributed by atoms with E-state index in [1.807, 2.05) is 0 Å². The van der Waals surface area contributed by atoms with Crippen LogP contribution in [0.2, 0.25) is 0 Å². The number of phosphoric acid groups is 2. The Balaban J connectivity index is 1.19. The zero-order chi connectivity index (χ0) is 34.4. The second-order valence-electron chi connectivity index (χ2n) is 9.56. The molecule has 0 radical (unpaired) electrons. The average Bonchev–Trinajstić information content (AvgIpc) is 3.53. The minimum Gasteiger partial charge on any atom is -0.387 e. The van der Waals surface area contributed by atoms with Gasteiger partial charge in [-0.05, 0) is 0 Å². The molecule has 5 heterocycles. The standard InChI is InChI=1S/C20H24N10O13P2S2/c21-19-26-14-8(16(34)28-19)25-5(1-23-14)12(46)13(47)6(31)2-40-44(36,37)43-45(38,39)41-3-7-10(32)11(33)18(42-7)30-4-24-9-15(30)27-20(22)29-17(9)35/h1,4,6-7,10-11,18,31-33,46-47H,2-3H2,(H,36,37)(H,38,39)(H3,22,27,29,35)(H3,21,23,26,28,34)/b13-12+/t6-,7-,10-,11-,18-/m1/s1. The molecule has 0 bridgehead atoms. The molecule has 0 aromatic carbocycles. The topological polar surface area (TPSA) is 359 Å². The SMILES string of the molecule is Nc1nc2ncc(/C(S)=C(\S)[C@H](O)COP(=O)(O)OP(=O)(O)OC[C@H]3O[C@@H](n4cnc5c(=O)[nH]c(N)nc54)[C@H](O)[C@@H]3O)nc2c(=O)[nH]1. The molecule has 47 heavy (non-hydrogen) atoms. The molecule has 0 saturated carbocycles. The van der Waals surface area contributed by atoms with E-state index in [1.54, 1.807) is 0 Å². The Labute approximate surface area is 270 Å². The number of fused-ring (bicyclic) bond motifs is 2. The number of ether oxygens (including phenoxy) is 1. The van der Waals surface area contributed by atoms with Gasteiger partial charge in [-0.2, -0.15) is 14.3 Å². The molecule has 0 aliphatic carbocycles. The lowest BCUT2D eigenvalue weighted by molar-refractivity contribution is -0.0504. The van der Waals surface area contributed by atoms with E-state index in [9.17, 15) is 43.8 Å². The summed E-state index contributed by atoms with van der Waals surface area (Å²) in [7, 11) is -10.8. The van der Waals surface area contributed by atoms with Crippen LogP contribution in [0.4, 0.5) is 11.9 Å². The third-order valence-corrected chi connectivity index (χ3v) is 10.1. The molecular weight excluding hydrogens is 714 g/mol. The van der Waals surface area contributed by atoms with Crippen molar-refractivity contribution < 1.29 is 52.3 Å². The van der Waals surface area contributed by atoms with Crippen molar-refractivity contribution in [2.75, 3.05) is 24.7 Å². The fourth-order valence-corrected chi connectivity index (χ4v) is 6.68. The quantitative estimate of drug-likeness (QED) is 0.0572. The Kier molecular flexibility index (Phi) is 9.92. The summed E-state index contributed by atoms with van der Waals surface area (Å²) < 4.78 is 44.9. The van der Waals surface area contributed by atoms with Gasteiger partial charge in [0.05, 0.1) is 31.4 Å². The van der Waals surface area contributed by atoms with E-state index in [0.29, 0.717) is 0 Å². The summed E-state index contributed by atoms with van der Waals surface area (Å²) in [5.41, 5.74) is 9.01. The molecule has 0 amide bonds. The highest BCUT2D eigenvalue weighted by Gasteiger charge is 2.46. The number of imidazole rings is 1. The van der Waals surface area contributed by atoms with Gasteiger partial charge in [-0.25, -0.2) is 24.1 Å². The van der Waals surface area contributed by atoms with Crippen LogP contribution in [0.15, 0.2) is 27.0 Å². The maximum atomic E-state index is 12.4. The third-order valence-electron chi connectivity index (χ3n) is 6.30. The fraction of sp³-hybridized carbons (Fsp3) is 0.350. The van der Waals surface area contributed by atoms with Crippen molar-refractivity contribution in [3.05, 3.63) is 43.8 Å². The van der Waals surface area contributed by atoms with Gasteiger partial charge in [-0.3, -0.25) is 33.2 Å². The van der Waals surface area contributed by atoms with Gasteiger partial charge in [-0.1, -0.05) is 0 Å². The number of nitrogens with two attached hydrogens (primary N) is 2. The predicted molar refractivity (Wildman–Crippen MR) is 164 cm³/mol. The molecule has 7 atom stereocenters. The highest BCUT2D eigenvalue weighted by atomic mass is 32.1. The molecule has 1 aliphatic heterocycles. The number of hydrogen-bond acceptors (Lipinski definition) is 20. The van der Waals surface area contributed by atoms with Gasteiger partial charge in [0.25, 0.3) is 11.1 Å². The van der Waals surface area contributed by atoms with Crippen molar-refractivity contribution in [2.24, 2.45) is 0 Å². The molecule has 11 N–H and O–H groups in total. The molecule has 4 aromatic heterocycles. The van der Waals surface area contributed by atoms with Crippen molar-refractivity contribution in [3.63, 3.8) is 0 Å². The number of aliphatic hydroxyl groups excluding tert-OH is 3. The number of nitrogens with zero attached hydrogens (tertiary/aromatic N) is 6. The minimum atomic E-state index is -5.42. The van der Waals surface area contributed by atoms with E-state index < -0.39 is 70.6 Å². The maximum Gasteiger partial charge on any atom is 0.481 e. The lowest BCUT2D eigenvalue weighted by atomic mass is 10.1. The van der Waals surface area contributed by atoms with Crippen LogP contribution in [-0.2, 0) is 27.2 Å². The van der Waals surface area contributed by atoms with Crippen molar-refractivity contribution in [1.82, 2.24) is 39.5 Å². The number of thiol groups is 2. The van der Waals surface area contributed by atoms with Crippen LogP contribution in [0.5, 0.6) is 0 Å². The molecule has 1 saturated heterocycles. The van der Waals surface area contributed by atoms with E-state index >= 15 is 0 Å². The Hall–Kier alpha value is -3.29. The maximum absolute atomic E-state index is 12.4. The van der Waals surface area contributed by atoms with Gasteiger partial charge < -0.3 is 41.3 Å². The largest absolute Gasteiger partial charge is 0.481 e. The highest BCUT2D eigenvalue weighted by molar-refractivity contribution is 7.93. The number of H-pyrrole nitrogens is 2. The molecular formula is C20H24N10O13P2S2. The lowest BCUT2D eigenvalue weighted by Gasteiger charge is -2.20. The third kappa shape index (κ3) is 7.57. The van der Waals surface area contributed by atoms with Crippen molar-refractivity contribution in [3.8, 4) is 0 Å². The van der Waals surface area contributed by atoms with Crippen LogP contribution in [0.25, 0.3) is 27.2 Å². The first-order valence-corrected chi connectivity index (χ1v) is 16.6. The van der Waals surface area contributed by atoms with Gasteiger partial charge in [0.1, 0.15) is 24.4 Å². The normalized spacial score (nSPS) is 23.8. The van der Waals surface area contributed by atoms with E-state index in [0.717, 1.165) is 17.1 Å². The zero-order valence-corrected chi connectivity index (χ0v) is 26.7. The van der Waals surface area contributed by atoms with Gasteiger partial charge in [0, 0.05) is 9.81 Å². The van der Waals surface area contributed by atoms with Crippen molar-refractivity contribution in [1.29, 1.82) is 0 Å². The Bertz CT molecular complexity index is 2090. The van der Waals surface area contributed by atoms with Crippen LogP contribution >= 0.6 is 40.9 Å². The van der Waals surface area contributed by atoms with Crippen LogP contribution in [0.3, 0.4) is 0 Å². The molecule has 0 spiro atoms. The predicted octanol–water partition coefficient (Wildman–Crippen LogP) is -2.23. The molecule has 254 valence electrons. The Morgan fingerprint density at radius 2 is 1.64 bits per heavy atom. The summed E-state index contributed by atoms with van der Waals surface area (Å²) in [6.07, 6.45) is -5.91. The Morgan fingerprint density at radius 1 is 1.00 bits per heavy atom. The van der Waals surface area contributed by atoms with Gasteiger partial charge in [0.2, 0.25) is 11.9 Å². The van der Waals surface area contributed by atoms with Crippen LogP contribution in [0.1, 0.15) is 11.9 Å². The first kappa shape index (κ1) is 35.0. The van der Waals surface area contributed by atoms with Gasteiger partial charge in [0.15, 0.2) is 28.6 Å². The molecule has 1 fully saturated rings. The summed E-state index contributed by atoms with van der Waals surface area (Å²) in [4.78, 5) is 67.8. The smallest absolute Gasteiger partial charge is 0.387 e. The van der Waals surface area contributed by atoms with Crippen LogP contribution < -0.4 is 22.6 Å². The number of nitrogens with one attached hydrogen (secondary N) is 2. The van der Waals surface area contributed by atoms with Crippen LogP contribution in [-0.4, -0.2) is 102 Å². The number of aromatic amines is 2. The summed E-state index contributed by atoms with van der Waals surface area (Å²) in [6.45, 7) is -1.99.